The number of benzene rings is 2. The molecule has 0 radical (unpaired) electrons. The largest absolute Gasteiger partial charge is 0.423 e. The highest BCUT2D eigenvalue weighted by atomic mass is 16.4. The van der Waals surface area contributed by atoms with Crippen molar-refractivity contribution in [1.82, 2.24) is 4.98 Å². The molecule has 0 N–H and O–H groups in total. The number of hydrogen-bond donors (Lipinski definition) is 0. The van der Waals surface area contributed by atoms with Gasteiger partial charge in [0.1, 0.15) is 5.52 Å². The summed E-state index contributed by atoms with van der Waals surface area (Å²) in [4.78, 5) is 21.2. The zero-order valence-corrected chi connectivity index (χ0v) is 14.3. The van der Waals surface area contributed by atoms with Crippen molar-refractivity contribution in [2.75, 3.05) is 29.9 Å². The van der Waals surface area contributed by atoms with Crippen molar-refractivity contribution in [3.05, 3.63) is 54.6 Å². The van der Waals surface area contributed by atoms with Gasteiger partial charge in [0.25, 0.3) is 6.01 Å². The number of aromatic nitrogens is 1. The predicted octanol–water partition coefficient (Wildman–Crippen LogP) is 3.71. The number of oxazole rings is 1. The van der Waals surface area contributed by atoms with E-state index >= 15 is 0 Å². The smallest absolute Gasteiger partial charge is 0.298 e. The van der Waals surface area contributed by atoms with Gasteiger partial charge in [-0.25, -0.2) is 0 Å². The SMILES string of the molecule is CN(C(=O)C1CCN(c2nc3ccccc3o2)CC1)c1ccccc1. The molecule has 5 heteroatoms. The number of rotatable bonds is 3. The first kappa shape index (κ1) is 15.7. The molecule has 1 aromatic heterocycles. The van der Waals surface area contributed by atoms with Crippen LogP contribution in [0.3, 0.4) is 0 Å². The van der Waals surface area contributed by atoms with Crippen LogP contribution >= 0.6 is 0 Å². The van der Waals surface area contributed by atoms with E-state index in [2.05, 4.69) is 9.88 Å². The second-order valence-electron chi connectivity index (χ2n) is 6.46. The summed E-state index contributed by atoms with van der Waals surface area (Å²) in [5.74, 6) is 0.231. The number of anilines is 2. The van der Waals surface area contributed by atoms with E-state index in [-0.39, 0.29) is 11.8 Å². The third-order valence-corrected chi connectivity index (χ3v) is 4.87. The van der Waals surface area contributed by atoms with Crippen LogP contribution in [0, 0.1) is 5.92 Å². The lowest BCUT2D eigenvalue weighted by Crippen LogP contribution is -2.41. The molecule has 3 aromatic rings. The fourth-order valence-corrected chi connectivity index (χ4v) is 3.37. The maximum absolute atomic E-state index is 12.8. The number of fused-ring (bicyclic) bond motifs is 1. The molecular formula is C20H21N3O2. The van der Waals surface area contributed by atoms with Crippen molar-refractivity contribution in [2.45, 2.75) is 12.8 Å². The first-order valence-corrected chi connectivity index (χ1v) is 8.65. The van der Waals surface area contributed by atoms with Gasteiger partial charge in [0.15, 0.2) is 5.58 Å². The van der Waals surface area contributed by atoms with Crippen molar-refractivity contribution in [3.63, 3.8) is 0 Å². The highest BCUT2D eigenvalue weighted by Crippen LogP contribution is 2.27. The van der Waals surface area contributed by atoms with Gasteiger partial charge in [-0.15, -0.1) is 0 Å². The highest BCUT2D eigenvalue weighted by molar-refractivity contribution is 5.94. The van der Waals surface area contributed by atoms with Crippen molar-refractivity contribution in [1.29, 1.82) is 0 Å². The average molecular weight is 335 g/mol. The van der Waals surface area contributed by atoms with E-state index in [1.54, 1.807) is 4.90 Å². The molecule has 0 unspecified atom stereocenters. The molecule has 128 valence electrons. The van der Waals surface area contributed by atoms with Crippen LogP contribution in [0.1, 0.15) is 12.8 Å². The van der Waals surface area contributed by atoms with E-state index in [0.29, 0.717) is 6.01 Å². The molecule has 2 heterocycles. The highest BCUT2D eigenvalue weighted by Gasteiger charge is 2.29. The van der Waals surface area contributed by atoms with E-state index in [4.69, 9.17) is 4.42 Å². The van der Waals surface area contributed by atoms with Crippen molar-refractivity contribution < 1.29 is 9.21 Å². The number of carbonyl (C=O) groups is 1. The summed E-state index contributed by atoms with van der Waals surface area (Å²) >= 11 is 0. The van der Waals surface area contributed by atoms with Crippen LogP contribution in [0.5, 0.6) is 0 Å². The lowest BCUT2D eigenvalue weighted by molar-refractivity contribution is -0.122. The Morgan fingerprint density at radius 1 is 1.08 bits per heavy atom. The average Bonchev–Trinajstić information content (AvgIpc) is 3.12. The molecule has 5 nitrogen and oxygen atoms in total. The second kappa shape index (κ2) is 6.59. The minimum Gasteiger partial charge on any atom is -0.423 e. The van der Waals surface area contributed by atoms with E-state index < -0.39 is 0 Å². The molecule has 25 heavy (non-hydrogen) atoms. The Morgan fingerprint density at radius 3 is 2.48 bits per heavy atom. The van der Waals surface area contributed by atoms with Crippen LogP contribution < -0.4 is 9.80 Å². The Morgan fingerprint density at radius 2 is 1.76 bits per heavy atom. The predicted molar refractivity (Wildman–Crippen MR) is 98.8 cm³/mol. The monoisotopic (exact) mass is 335 g/mol. The van der Waals surface area contributed by atoms with Gasteiger partial charge in [0.2, 0.25) is 5.91 Å². The summed E-state index contributed by atoms with van der Waals surface area (Å²) in [6.45, 7) is 1.57. The van der Waals surface area contributed by atoms with E-state index in [9.17, 15) is 4.79 Å². The number of carbonyl (C=O) groups excluding carboxylic acids is 1. The van der Waals surface area contributed by atoms with E-state index in [1.807, 2.05) is 61.6 Å². The third-order valence-electron chi connectivity index (χ3n) is 4.87. The fraction of sp³-hybridized carbons (Fsp3) is 0.300. The lowest BCUT2D eigenvalue weighted by atomic mass is 9.95. The maximum Gasteiger partial charge on any atom is 0.298 e. The molecule has 0 saturated carbocycles. The van der Waals surface area contributed by atoms with E-state index in [1.165, 1.54) is 0 Å². The molecule has 1 saturated heterocycles. The van der Waals surface area contributed by atoms with Gasteiger partial charge >= 0.3 is 0 Å². The summed E-state index contributed by atoms with van der Waals surface area (Å²) in [7, 11) is 1.85. The van der Waals surface area contributed by atoms with Crippen molar-refractivity contribution >= 4 is 28.7 Å². The summed E-state index contributed by atoms with van der Waals surface area (Å²) < 4.78 is 5.84. The number of para-hydroxylation sites is 3. The van der Waals surface area contributed by atoms with Gasteiger partial charge in [0.05, 0.1) is 0 Å². The molecule has 1 aliphatic rings. The van der Waals surface area contributed by atoms with E-state index in [0.717, 1.165) is 42.7 Å². The number of amides is 1. The number of nitrogens with zero attached hydrogens (tertiary/aromatic N) is 3. The number of piperidine rings is 1. The third kappa shape index (κ3) is 3.09. The Bertz CT molecular complexity index is 834. The molecule has 1 fully saturated rings. The van der Waals surface area contributed by atoms with Gasteiger partial charge in [-0.1, -0.05) is 30.3 Å². The molecule has 4 rings (SSSR count). The first-order valence-electron chi connectivity index (χ1n) is 8.65. The summed E-state index contributed by atoms with van der Waals surface area (Å²) in [6, 6.07) is 18.2. The molecule has 0 spiro atoms. The van der Waals surface area contributed by atoms with Crippen LogP contribution in [0.4, 0.5) is 11.7 Å². The Labute approximate surface area is 146 Å². The Kier molecular flexibility index (Phi) is 4.14. The van der Waals surface area contributed by atoms with Gasteiger partial charge in [-0.05, 0) is 37.1 Å². The zero-order chi connectivity index (χ0) is 17.2. The number of hydrogen-bond acceptors (Lipinski definition) is 4. The summed E-state index contributed by atoms with van der Waals surface area (Å²) in [6.07, 6.45) is 1.63. The maximum atomic E-state index is 12.8. The van der Waals surface area contributed by atoms with Crippen molar-refractivity contribution in [2.24, 2.45) is 5.92 Å². The normalized spacial score (nSPS) is 15.5. The molecule has 1 aliphatic heterocycles. The van der Waals surface area contributed by atoms with Crippen LogP contribution in [0.15, 0.2) is 59.0 Å². The van der Waals surface area contributed by atoms with Crippen molar-refractivity contribution in [3.8, 4) is 0 Å². The second-order valence-corrected chi connectivity index (χ2v) is 6.46. The Balaban J connectivity index is 1.41. The molecular weight excluding hydrogens is 314 g/mol. The zero-order valence-electron chi connectivity index (χ0n) is 14.3. The standard InChI is InChI=1S/C20H21N3O2/c1-22(16-7-3-2-4-8-16)19(24)15-11-13-23(14-12-15)20-21-17-9-5-6-10-18(17)25-20/h2-10,15H,11-14H2,1H3. The minimum absolute atomic E-state index is 0.0471. The Hall–Kier alpha value is -2.82. The van der Waals surface area contributed by atoms with Crippen LogP contribution in [0.25, 0.3) is 11.1 Å². The van der Waals surface area contributed by atoms with Gasteiger partial charge in [-0.3, -0.25) is 4.79 Å². The molecule has 0 bridgehead atoms. The molecule has 1 amide bonds. The summed E-state index contributed by atoms with van der Waals surface area (Å²) in [5.41, 5.74) is 2.62. The minimum atomic E-state index is 0.0471. The molecule has 0 atom stereocenters. The van der Waals surface area contributed by atoms with Gasteiger partial charge in [0, 0.05) is 31.7 Å². The topological polar surface area (TPSA) is 49.6 Å². The van der Waals surface area contributed by atoms with Gasteiger partial charge in [-0.2, -0.15) is 4.98 Å². The summed E-state index contributed by atoms with van der Waals surface area (Å²) in [5, 5.41) is 0. The fourth-order valence-electron chi connectivity index (χ4n) is 3.37. The van der Waals surface area contributed by atoms with Crippen LogP contribution in [-0.2, 0) is 4.79 Å². The molecule has 2 aromatic carbocycles. The van der Waals surface area contributed by atoms with Crippen LogP contribution in [-0.4, -0.2) is 31.0 Å². The molecule has 0 aliphatic carbocycles. The quantitative estimate of drug-likeness (QED) is 0.732. The first-order chi connectivity index (χ1) is 12.2. The lowest BCUT2D eigenvalue weighted by Gasteiger charge is -2.32. The van der Waals surface area contributed by atoms with Crippen LogP contribution in [0.2, 0.25) is 0 Å². The van der Waals surface area contributed by atoms with Gasteiger partial charge < -0.3 is 14.2 Å².